The first kappa shape index (κ1) is 10.3. The van der Waals surface area contributed by atoms with E-state index in [2.05, 4.69) is 9.47 Å². The van der Waals surface area contributed by atoms with Crippen molar-refractivity contribution in [3.05, 3.63) is 12.2 Å². The van der Waals surface area contributed by atoms with Crippen LogP contribution in [0.25, 0.3) is 0 Å². The van der Waals surface area contributed by atoms with Crippen LogP contribution >= 0.6 is 0 Å². The molecule has 0 radical (unpaired) electrons. The van der Waals surface area contributed by atoms with Gasteiger partial charge in [-0.3, -0.25) is 0 Å². The molecule has 0 fully saturated rings. The summed E-state index contributed by atoms with van der Waals surface area (Å²) in [4.78, 5) is 19.5. The third-order valence-electron chi connectivity index (χ3n) is 0.773. The number of hydrogen-bond acceptors (Lipinski definition) is 4. The predicted octanol–water partition coefficient (Wildman–Crippen LogP) is 0.932. The molecule has 0 aliphatic heterocycles. The van der Waals surface area contributed by atoms with Crippen LogP contribution in [-0.4, -0.2) is 35.7 Å². The average Bonchev–Trinajstić information content (AvgIpc) is 1.95. The molecule has 0 unspecified atom stereocenters. The summed E-state index contributed by atoms with van der Waals surface area (Å²) in [6, 6.07) is 0. The second kappa shape index (κ2) is 6.02. The number of ether oxygens (including phenoxy) is 2. The highest BCUT2D eigenvalue weighted by Crippen LogP contribution is 1.81. The van der Waals surface area contributed by atoms with Crippen LogP contribution in [0.1, 0.15) is 0 Å². The molecule has 0 aliphatic carbocycles. The Kier molecular flexibility index (Phi) is 5.16. The second-order valence-electron chi connectivity index (χ2n) is 1.63. The van der Waals surface area contributed by atoms with E-state index < -0.39 is 12.3 Å². The molecule has 68 valence electrons. The van der Waals surface area contributed by atoms with Crippen LogP contribution in [0.2, 0.25) is 0 Å². The van der Waals surface area contributed by atoms with Gasteiger partial charge in [0, 0.05) is 0 Å². The van der Waals surface area contributed by atoms with Crippen LogP contribution in [0.15, 0.2) is 12.2 Å². The summed E-state index contributed by atoms with van der Waals surface area (Å²) in [6.07, 6.45) is -0.0636. The highest BCUT2D eigenvalue weighted by Gasteiger charge is 1.92. The highest BCUT2D eigenvalue weighted by molar-refractivity contribution is 5.57. The van der Waals surface area contributed by atoms with Gasteiger partial charge in [-0.25, -0.2) is 9.59 Å². The van der Waals surface area contributed by atoms with Crippen molar-refractivity contribution >= 4 is 12.3 Å². The normalized spacial score (nSPS) is 9.67. The quantitative estimate of drug-likeness (QED) is 0.488. The zero-order chi connectivity index (χ0) is 9.40. The third-order valence-corrected chi connectivity index (χ3v) is 0.773. The Bertz CT molecular complexity index is 164. The van der Waals surface area contributed by atoms with Crippen molar-refractivity contribution in [1.29, 1.82) is 0 Å². The zero-order valence-corrected chi connectivity index (χ0v) is 6.10. The molecule has 0 heterocycles. The largest absolute Gasteiger partial charge is 0.506 e. The van der Waals surface area contributed by atoms with Gasteiger partial charge < -0.3 is 19.7 Å². The Hall–Kier alpha value is -1.72. The molecule has 0 saturated carbocycles. The Balaban J connectivity index is 3.26. The van der Waals surface area contributed by atoms with Gasteiger partial charge in [-0.05, 0) is 12.2 Å². The van der Waals surface area contributed by atoms with Gasteiger partial charge >= 0.3 is 12.3 Å². The maximum Gasteiger partial charge on any atom is 0.506 e. The maximum atomic E-state index is 9.76. The van der Waals surface area contributed by atoms with E-state index in [1.165, 1.54) is 12.2 Å². The van der Waals surface area contributed by atoms with Gasteiger partial charge in [0.2, 0.25) is 0 Å². The van der Waals surface area contributed by atoms with Gasteiger partial charge in [0.25, 0.3) is 0 Å². The lowest BCUT2D eigenvalue weighted by Gasteiger charge is -1.94. The monoisotopic (exact) mass is 176 g/mol. The number of carbonyl (C=O) groups is 2. The van der Waals surface area contributed by atoms with Crippen LogP contribution in [0.5, 0.6) is 0 Å². The molecule has 0 atom stereocenters. The minimum Gasteiger partial charge on any atom is -0.450 e. The highest BCUT2D eigenvalue weighted by atomic mass is 16.7. The van der Waals surface area contributed by atoms with E-state index >= 15 is 0 Å². The molecule has 0 amide bonds. The Morgan fingerprint density at radius 1 is 1.00 bits per heavy atom. The van der Waals surface area contributed by atoms with Crippen molar-refractivity contribution in [3.8, 4) is 0 Å². The molecule has 0 aromatic heterocycles. The molecule has 0 rings (SSSR count). The fourth-order valence-corrected chi connectivity index (χ4v) is 0.375. The first-order chi connectivity index (χ1) is 5.63. The summed E-state index contributed by atoms with van der Waals surface area (Å²) in [5.74, 6) is 0. The summed E-state index contributed by atoms with van der Waals surface area (Å²) in [5.41, 5.74) is 0. The Morgan fingerprint density at radius 2 is 1.33 bits per heavy atom. The topological polar surface area (TPSA) is 93.1 Å². The lowest BCUT2D eigenvalue weighted by Crippen LogP contribution is -2.01. The van der Waals surface area contributed by atoms with Gasteiger partial charge in [0.1, 0.15) is 13.2 Å². The zero-order valence-electron chi connectivity index (χ0n) is 6.10. The minimum atomic E-state index is -1.38. The first-order valence-corrected chi connectivity index (χ1v) is 2.99. The van der Waals surface area contributed by atoms with E-state index in [4.69, 9.17) is 10.2 Å². The van der Waals surface area contributed by atoms with Crippen molar-refractivity contribution in [2.24, 2.45) is 0 Å². The van der Waals surface area contributed by atoms with Crippen LogP contribution in [0, 0.1) is 0 Å². The van der Waals surface area contributed by atoms with Crippen LogP contribution in [-0.2, 0) is 9.47 Å². The third kappa shape index (κ3) is 8.28. The van der Waals surface area contributed by atoms with Crippen molar-refractivity contribution in [1.82, 2.24) is 0 Å². The van der Waals surface area contributed by atoms with Crippen LogP contribution < -0.4 is 0 Å². The van der Waals surface area contributed by atoms with Crippen molar-refractivity contribution < 1.29 is 29.3 Å². The fraction of sp³-hybridized carbons (Fsp3) is 0.333. The molecule has 6 nitrogen and oxygen atoms in total. The summed E-state index contributed by atoms with van der Waals surface area (Å²) in [7, 11) is 0. The van der Waals surface area contributed by atoms with E-state index in [0.29, 0.717) is 0 Å². The maximum absolute atomic E-state index is 9.76. The van der Waals surface area contributed by atoms with E-state index in [-0.39, 0.29) is 13.2 Å². The van der Waals surface area contributed by atoms with Gasteiger partial charge in [-0.2, -0.15) is 0 Å². The Morgan fingerprint density at radius 3 is 1.58 bits per heavy atom. The second-order valence-corrected chi connectivity index (χ2v) is 1.63. The number of hydrogen-bond donors (Lipinski definition) is 2. The fourth-order valence-electron chi connectivity index (χ4n) is 0.375. The summed E-state index contributed by atoms with van der Waals surface area (Å²) in [6.45, 7) is -0.226. The van der Waals surface area contributed by atoms with Gasteiger partial charge in [-0.15, -0.1) is 0 Å². The van der Waals surface area contributed by atoms with E-state index in [9.17, 15) is 9.59 Å². The minimum absolute atomic E-state index is 0.113. The van der Waals surface area contributed by atoms with Crippen molar-refractivity contribution in [3.63, 3.8) is 0 Å². The van der Waals surface area contributed by atoms with Crippen LogP contribution in [0.4, 0.5) is 9.59 Å². The predicted molar refractivity (Wildman–Crippen MR) is 37.1 cm³/mol. The van der Waals surface area contributed by atoms with Gasteiger partial charge in [-0.1, -0.05) is 0 Å². The molecule has 0 spiro atoms. The molecular formula is C6H8O6. The molecule has 2 N–H and O–H groups in total. The lowest BCUT2D eigenvalue weighted by atomic mass is 10.5. The average molecular weight is 176 g/mol. The van der Waals surface area contributed by atoms with Gasteiger partial charge in [0.05, 0.1) is 0 Å². The van der Waals surface area contributed by atoms with Gasteiger partial charge in [0.15, 0.2) is 0 Å². The summed E-state index contributed by atoms with van der Waals surface area (Å²) < 4.78 is 8.15. The van der Waals surface area contributed by atoms with Crippen molar-refractivity contribution in [2.45, 2.75) is 0 Å². The molecule has 12 heavy (non-hydrogen) atoms. The van der Waals surface area contributed by atoms with Crippen molar-refractivity contribution in [2.75, 3.05) is 13.2 Å². The van der Waals surface area contributed by atoms with Crippen LogP contribution in [0.3, 0.4) is 0 Å². The number of carboxylic acid groups (broad SMARTS) is 2. The number of rotatable bonds is 4. The smallest absolute Gasteiger partial charge is 0.450 e. The van der Waals surface area contributed by atoms with E-state index in [0.717, 1.165) is 0 Å². The van der Waals surface area contributed by atoms with E-state index in [1.54, 1.807) is 0 Å². The lowest BCUT2D eigenvalue weighted by molar-refractivity contribution is 0.0976. The van der Waals surface area contributed by atoms with E-state index in [1.807, 2.05) is 0 Å². The SMILES string of the molecule is O=C(O)OC/C=C/COC(=O)O. The first-order valence-electron chi connectivity index (χ1n) is 2.99. The summed E-state index contributed by atoms with van der Waals surface area (Å²) in [5, 5.41) is 16.0. The molecular weight excluding hydrogens is 168 g/mol. The molecule has 6 heteroatoms. The molecule has 0 aliphatic rings. The summed E-state index contributed by atoms with van der Waals surface area (Å²) >= 11 is 0. The molecule has 0 saturated heterocycles. The molecule has 0 aromatic carbocycles. The standard InChI is InChI=1S/C6H8O6/c7-5(8)11-3-1-2-4-12-6(9)10/h1-2H,3-4H2,(H,7,8)(H,9,10)/b2-1+. The molecule has 0 bridgehead atoms. The Labute approximate surface area is 68.0 Å². The molecule has 0 aromatic rings.